The van der Waals surface area contributed by atoms with Gasteiger partial charge in [0, 0.05) is 12.5 Å². The lowest BCUT2D eigenvalue weighted by molar-refractivity contribution is 0.567. The SMILES string of the molecule is CCCCCCCCCCCC1=NC[C@H](C)N1. The second kappa shape index (κ2) is 9.49. The molecule has 0 fully saturated rings. The van der Waals surface area contributed by atoms with E-state index in [0.717, 1.165) is 6.54 Å². The van der Waals surface area contributed by atoms with Gasteiger partial charge in [-0.05, 0) is 13.3 Å². The fourth-order valence-corrected chi connectivity index (χ4v) is 2.38. The number of rotatable bonds is 10. The van der Waals surface area contributed by atoms with Crippen molar-refractivity contribution in [1.82, 2.24) is 5.32 Å². The minimum Gasteiger partial charge on any atom is -0.370 e. The molecular formula is C15H30N2. The average molecular weight is 238 g/mol. The highest BCUT2D eigenvalue weighted by Crippen LogP contribution is 2.11. The van der Waals surface area contributed by atoms with Crippen LogP contribution < -0.4 is 5.32 Å². The van der Waals surface area contributed by atoms with Crippen LogP contribution in [0.15, 0.2) is 4.99 Å². The number of hydrogen-bond acceptors (Lipinski definition) is 2. The maximum absolute atomic E-state index is 4.49. The monoisotopic (exact) mass is 238 g/mol. The van der Waals surface area contributed by atoms with Gasteiger partial charge in [-0.15, -0.1) is 0 Å². The van der Waals surface area contributed by atoms with Gasteiger partial charge in [-0.3, -0.25) is 4.99 Å². The Morgan fingerprint density at radius 2 is 1.59 bits per heavy atom. The van der Waals surface area contributed by atoms with Crippen molar-refractivity contribution >= 4 is 5.84 Å². The molecule has 0 amide bonds. The molecule has 0 spiro atoms. The van der Waals surface area contributed by atoms with E-state index in [2.05, 4.69) is 24.2 Å². The number of hydrogen-bond donors (Lipinski definition) is 1. The Labute approximate surface area is 107 Å². The third-order valence-corrected chi connectivity index (χ3v) is 3.49. The Balaban J connectivity index is 1.79. The van der Waals surface area contributed by atoms with Gasteiger partial charge in [-0.25, -0.2) is 0 Å². The van der Waals surface area contributed by atoms with Crippen molar-refractivity contribution in [3.8, 4) is 0 Å². The van der Waals surface area contributed by atoms with Crippen LogP contribution in [-0.2, 0) is 0 Å². The summed E-state index contributed by atoms with van der Waals surface area (Å²) >= 11 is 0. The topological polar surface area (TPSA) is 24.4 Å². The van der Waals surface area contributed by atoms with E-state index >= 15 is 0 Å². The Kier molecular flexibility index (Phi) is 8.12. The highest BCUT2D eigenvalue weighted by molar-refractivity contribution is 5.83. The zero-order chi connectivity index (χ0) is 12.3. The molecular weight excluding hydrogens is 208 g/mol. The molecule has 0 bridgehead atoms. The van der Waals surface area contributed by atoms with E-state index < -0.39 is 0 Å². The average Bonchev–Trinajstić information content (AvgIpc) is 2.73. The van der Waals surface area contributed by atoms with Gasteiger partial charge in [0.05, 0.1) is 12.4 Å². The first-order chi connectivity index (χ1) is 8.33. The number of aliphatic imine (C=N–C) groups is 1. The smallest absolute Gasteiger partial charge is 0.0966 e. The predicted molar refractivity (Wildman–Crippen MR) is 76.7 cm³/mol. The Hall–Kier alpha value is -0.530. The molecule has 0 aromatic rings. The zero-order valence-electron chi connectivity index (χ0n) is 11.8. The first kappa shape index (κ1) is 14.5. The molecule has 0 saturated heterocycles. The van der Waals surface area contributed by atoms with Crippen molar-refractivity contribution in [2.24, 2.45) is 4.99 Å². The summed E-state index contributed by atoms with van der Waals surface area (Å²) in [6, 6.07) is 0.573. The van der Waals surface area contributed by atoms with E-state index in [4.69, 9.17) is 0 Å². The lowest BCUT2D eigenvalue weighted by Crippen LogP contribution is -2.26. The molecule has 0 saturated carbocycles. The van der Waals surface area contributed by atoms with Gasteiger partial charge in [0.1, 0.15) is 0 Å². The summed E-state index contributed by atoms with van der Waals surface area (Å²) < 4.78 is 0. The molecule has 1 aliphatic rings. The highest BCUT2D eigenvalue weighted by atomic mass is 15.1. The molecule has 1 rings (SSSR count). The lowest BCUT2D eigenvalue weighted by atomic mass is 10.1. The number of nitrogens with one attached hydrogen (secondary N) is 1. The largest absolute Gasteiger partial charge is 0.370 e. The van der Waals surface area contributed by atoms with E-state index in [1.54, 1.807) is 0 Å². The third-order valence-electron chi connectivity index (χ3n) is 3.49. The fourth-order valence-electron chi connectivity index (χ4n) is 2.38. The van der Waals surface area contributed by atoms with Gasteiger partial charge in [0.2, 0.25) is 0 Å². The van der Waals surface area contributed by atoms with Crippen molar-refractivity contribution in [1.29, 1.82) is 0 Å². The van der Waals surface area contributed by atoms with Crippen molar-refractivity contribution in [2.45, 2.75) is 84.1 Å². The van der Waals surface area contributed by atoms with E-state index in [0.29, 0.717) is 6.04 Å². The lowest BCUT2D eigenvalue weighted by Gasteiger charge is -2.05. The fraction of sp³-hybridized carbons (Fsp3) is 0.933. The molecule has 1 aliphatic heterocycles. The van der Waals surface area contributed by atoms with Crippen LogP contribution in [0, 0.1) is 0 Å². The first-order valence-corrected chi connectivity index (χ1v) is 7.62. The summed E-state index contributed by atoms with van der Waals surface area (Å²) in [4.78, 5) is 4.49. The number of nitrogens with zero attached hydrogens (tertiary/aromatic N) is 1. The van der Waals surface area contributed by atoms with Crippen LogP contribution in [0.3, 0.4) is 0 Å². The quantitative estimate of drug-likeness (QED) is 0.564. The summed E-state index contributed by atoms with van der Waals surface area (Å²) in [5.41, 5.74) is 0. The molecule has 2 heteroatoms. The molecule has 1 atom stereocenters. The molecule has 0 aromatic carbocycles. The molecule has 1 heterocycles. The highest BCUT2D eigenvalue weighted by Gasteiger charge is 2.10. The zero-order valence-corrected chi connectivity index (χ0v) is 11.8. The van der Waals surface area contributed by atoms with Crippen LogP contribution in [0.4, 0.5) is 0 Å². The van der Waals surface area contributed by atoms with Crippen LogP contribution in [0.5, 0.6) is 0 Å². The number of unbranched alkanes of at least 4 members (excludes halogenated alkanes) is 8. The second-order valence-electron chi connectivity index (χ2n) is 5.41. The van der Waals surface area contributed by atoms with E-state index in [1.165, 1.54) is 70.0 Å². The maximum atomic E-state index is 4.49. The van der Waals surface area contributed by atoms with Gasteiger partial charge in [0.25, 0.3) is 0 Å². The van der Waals surface area contributed by atoms with Crippen molar-refractivity contribution in [3.05, 3.63) is 0 Å². The maximum Gasteiger partial charge on any atom is 0.0966 e. The van der Waals surface area contributed by atoms with Gasteiger partial charge in [-0.2, -0.15) is 0 Å². The normalized spacial score (nSPS) is 19.2. The molecule has 2 nitrogen and oxygen atoms in total. The minimum absolute atomic E-state index is 0.573. The first-order valence-electron chi connectivity index (χ1n) is 7.62. The van der Waals surface area contributed by atoms with Gasteiger partial charge in [-0.1, -0.05) is 58.3 Å². The molecule has 0 radical (unpaired) electrons. The molecule has 0 aliphatic carbocycles. The van der Waals surface area contributed by atoms with Crippen LogP contribution in [0.25, 0.3) is 0 Å². The molecule has 100 valence electrons. The van der Waals surface area contributed by atoms with Crippen LogP contribution in [-0.4, -0.2) is 18.4 Å². The Morgan fingerprint density at radius 3 is 2.12 bits per heavy atom. The van der Waals surface area contributed by atoms with Crippen molar-refractivity contribution in [3.63, 3.8) is 0 Å². The summed E-state index contributed by atoms with van der Waals surface area (Å²) in [6.45, 7) is 5.46. The Morgan fingerprint density at radius 1 is 1.00 bits per heavy atom. The summed E-state index contributed by atoms with van der Waals surface area (Å²) in [5.74, 6) is 1.25. The Bertz CT molecular complexity index is 211. The van der Waals surface area contributed by atoms with E-state index in [9.17, 15) is 0 Å². The van der Waals surface area contributed by atoms with Crippen LogP contribution in [0.1, 0.15) is 78.1 Å². The standard InChI is InChI=1S/C15H30N2/c1-3-4-5-6-7-8-9-10-11-12-15-16-13-14(2)17-15/h14H,3-13H2,1-2H3,(H,16,17)/t14-/m0/s1. The molecule has 0 aromatic heterocycles. The minimum atomic E-state index is 0.573. The van der Waals surface area contributed by atoms with Gasteiger partial charge < -0.3 is 5.32 Å². The van der Waals surface area contributed by atoms with E-state index in [1.807, 2.05) is 0 Å². The molecule has 0 unspecified atom stereocenters. The van der Waals surface area contributed by atoms with Crippen LogP contribution >= 0.6 is 0 Å². The van der Waals surface area contributed by atoms with Gasteiger partial charge >= 0.3 is 0 Å². The van der Waals surface area contributed by atoms with E-state index in [-0.39, 0.29) is 0 Å². The van der Waals surface area contributed by atoms with Crippen molar-refractivity contribution < 1.29 is 0 Å². The third kappa shape index (κ3) is 7.40. The molecule has 1 N–H and O–H groups in total. The second-order valence-corrected chi connectivity index (χ2v) is 5.41. The summed E-state index contributed by atoms with van der Waals surface area (Å²) in [5, 5.41) is 3.43. The molecule has 17 heavy (non-hydrogen) atoms. The number of amidine groups is 1. The summed E-state index contributed by atoms with van der Waals surface area (Å²) in [6.07, 6.45) is 13.8. The van der Waals surface area contributed by atoms with Gasteiger partial charge in [0.15, 0.2) is 0 Å². The van der Waals surface area contributed by atoms with Crippen LogP contribution in [0.2, 0.25) is 0 Å². The van der Waals surface area contributed by atoms with Crippen molar-refractivity contribution in [2.75, 3.05) is 6.54 Å². The summed E-state index contributed by atoms with van der Waals surface area (Å²) in [7, 11) is 0. The predicted octanol–water partition coefficient (Wildman–Crippen LogP) is 4.30.